The number of para-hydroxylation sites is 1. The van der Waals surface area contributed by atoms with Crippen LogP contribution in [0.5, 0.6) is 5.75 Å². The van der Waals surface area contributed by atoms with Crippen molar-refractivity contribution in [1.82, 2.24) is 10.4 Å². The Hall–Kier alpha value is -3.17. The fraction of sp³-hybridized carbons (Fsp3) is 0.0500. The molecule has 0 bridgehead atoms. The molecular weight excluding hydrogens is 458 g/mol. The van der Waals surface area contributed by atoms with E-state index in [9.17, 15) is 9.59 Å². The number of nitrogens with zero attached hydrogens (tertiary/aromatic N) is 1. The Bertz CT molecular complexity index is 1270. The van der Waals surface area contributed by atoms with Gasteiger partial charge >= 0.3 is 5.63 Å². The van der Waals surface area contributed by atoms with Crippen molar-refractivity contribution in [1.29, 1.82) is 0 Å². The molecule has 7 nitrogen and oxygen atoms in total. The molecule has 0 fully saturated rings. The molecule has 2 N–H and O–H groups in total. The van der Waals surface area contributed by atoms with Crippen molar-refractivity contribution in [2.45, 2.75) is 0 Å². The molecule has 29 heavy (non-hydrogen) atoms. The third-order valence-electron chi connectivity index (χ3n) is 4.12. The Morgan fingerprint density at radius 2 is 2.03 bits per heavy atom. The van der Waals surface area contributed by atoms with E-state index < -0.39 is 5.63 Å². The Morgan fingerprint density at radius 3 is 2.86 bits per heavy atom. The maximum Gasteiger partial charge on any atom is 0.345 e. The Morgan fingerprint density at radius 1 is 1.21 bits per heavy atom. The van der Waals surface area contributed by atoms with Gasteiger partial charge in [-0.3, -0.25) is 15.6 Å². The predicted octanol–water partition coefficient (Wildman–Crippen LogP) is 4.44. The third kappa shape index (κ3) is 4.01. The SMILES string of the molecule is COc1ccc(Br)c(C(=O)NNc2nc(-c3cc4ccccc4oc3=O)cs2)c1. The van der Waals surface area contributed by atoms with Crippen molar-refractivity contribution in [3.8, 4) is 17.0 Å². The minimum atomic E-state index is -0.468. The van der Waals surface area contributed by atoms with E-state index in [-0.39, 0.29) is 5.91 Å². The van der Waals surface area contributed by atoms with Crippen molar-refractivity contribution < 1.29 is 13.9 Å². The lowest BCUT2D eigenvalue weighted by Gasteiger charge is -2.08. The number of aromatic nitrogens is 1. The van der Waals surface area contributed by atoms with Gasteiger partial charge in [-0.25, -0.2) is 9.78 Å². The highest BCUT2D eigenvalue weighted by Gasteiger charge is 2.14. The van der Waals surface area contributed by atoms with Crippen LogP contribution in [0.4, 0.5) is 5.13 Å². The summed E-state index contributed by atoms with van der Waals surface area (Å²) in [6.45, 7) is 0. The lowest BCUT2D eigenvalue weighted by molar-refractivity contribution is 0.0961. The first-order valence-electron chi connectivity index (χ1n) is 8.44. The van der Waals surface area contributed by atoms with Crippen molar-refractivity contribution in [2.75, 3.05) is 12.5 Å². The third-order valence-corrected chi connectivity index (χ3v) is 5.57. The molecule has 0 aliphatic rings. The molecule has 146 valence electrons. The molecule has 0 unspecified atom stereocenters. The number of nitrogens with one attached hydrogen (secondary N) is 2. The number of rotatable bonds is 5. The zero-order chi connectivity index (χ0) is 20.4. The molecule has 0 aliphatic heterocycles. The van der Waals surface area contributed by atoms with Crippen LogP contribution in [0.25, 0.3) is 22.2 Å². The normalized spacial score (nSPS) is 10.7. The van der Waals surface area contributed by atoms with E-state index >= 15 is 0 Å². The van der Waals surface area contributed by atoms with Crippen LogP contribution in [0.2, 0.25) is 0 Å². The number of fused-ring (bicyclic) bond motifs is 1. The van der Waals surface area contributed by atoms with Crippen LogP contribution in [0, 0.1) is 0 Å². The number of halogens is 1. The standard InChI is InChI=1S/C20H14BrN3O4S/c1-27-12-6-7-15(21)13(9-12)18(25)23-24-20-22-16(10-29-20)14-8-11-4-2-3-5-17(11)28-19(14)26/h2-10H,1H3,(H,22,24)(H,23,25). The summed E-state index contributed by atoms with van der Waals surface area (Å²) in [5.74, 6) is 0.204. The number of carbonyl (C=O) groups excluding carboxylic acids is 1. The van der Waals surface area contributed by atoms with Crippen LogP contribution in [0.1, 0.15) is 10.4 Å². The second-order valence-corrected chi connectivity index (χ2v) is 7.66. The summed E-state index contributed by atoms with van der Waals surface area (Å²) in [6.07, 6.45) is 0. The van der Waals surface area contributed by atoms with E-state index in [4.69, 9.17) is 9.15 Å². The zero-order valence-corrected chi connectivity index (χ0v) is 17.5. The van der Waals surface area contributed by atoms with Crippen LogP contribution in [-0.4, -0.2) is 18.0 Å². The average molecular weight is 472 g/mol. The minimum Gasteiger partial charge on any atom is -0.497 e. The van der Waals surface area contributed by atoms with Gasteiger partial charge in [0.15, 0.2) is 0 Å². The number of hydrogen-bond acceptors (Lipinski definition) is 7. The Labute approximate surface area is 177 Å². The first kappa shape index (κ1) is 19.2. The van der Waals surface area contributed by atoms with Gasteiger partial charge in [0, 0.05) is 15.2 Å². The molecule has 4 rings (SSSR count). The van der Waals surface area contributed by atoms with Crippen molar-refractivity contribution in [3.63, 3.8) is 0 Å². The summed E-state index contributed by atoms with van der Waals surface area (Å²) in [5.41, 5.74) is 6.64. The van der Waals surface area contributed by atoms with Crippen molar-refractivity contribution in [2.24, 2.45) is 0 Å². The highest BCUT2D eigenvalue weighted by Crippen LogP contribution is 2.25. The molecule has 2 heterocycles. The largest absolute Gasteiger partial charge is 0.497 e. The van der Waals surface area contributed by atoms with Gasteiger partial charge in [0.05, 0.1) is 23.9 Å². The predicted molar refractivity (Wildman–Crippen MR) is 115 cm³/mol. The quantitative estimate of drug-likeness (QED) is 0.330. The Kier molecular flexibility index (Phi) is 5.32. The number of ether oxygens (including phenoxy) is 1. The summed E-state index contributed by atoms with van der Waals surface area (Å²) in [6, 6.07) is 14.1. The average Bonchev–Trinajstić information content (AvgIpc) is 3.20. The number of hydrazine groups is 1. The number of methoxy groups -OCH3 is 1. The number of benzene rings is 2. The van der Waals surface area contributed by atoms with E-state index in [1.165, 1.54) is 18.4 Å². The molecular formula is C20H14BrN3O4S. The molecule has 2 aromatic heterocycles. The summed E-state index contributed by atoms with van der Waals surface area (Å²) in [5, 5.41) is 2.96. The summed E-state index contributed by atoms with van der Waals surface area (Å²) < 4.78 is 11.1. The van der Waals surface area contributed by atoms with E-state index in [2.05, 4.69) is 31.8 Å². The van der Waals surface area contributed by atoms with Gasteiger partial charge in [0.25, 0.3) is 5.91 Å². The molecule has 1 amide bonds. The van der Waals surface area contributed by atoms with Crippen LogP contribution >= 0.6 is 27.3 Å². The maximum atomic E-state index is 12.4. The van der Waals surface area contributed by atoms with Crippen LogP contribution in [0.3, 0.4) is 0 Å². The second-order valence-electron chi connectivity index (χ2n) is 5.95. The van der Waals surface area contributed by atoms with Gasteiger partial charge < -0.3 is 9.15 Å². The van der Waals surface area contributed by atoms with Crippen molar-refractivity contribution >= 4 is 49.3 Å². The van der Waals surface area contributed by atoms with E-state index in [1.54, 1.807) is 41.8 Å². The second kappa shape index (κ2) is 8.06. The van der Waals surface area contributed by atoms with Crippen molar-refractivity contribution in [3.05, 3.63) is 74.4 Å². The molecule has 0 aliphatic carbocycles. The summed E-state index contributed by atoms with van der Waals surface area (Å²) >= 11 is 4.60. The van der Waals surface area contributed by atoms with Gasteiger partial charge in [0.2, 0.25) is 5.13 Å². The first-order chi connectivity index (χ1) is 14.0. The number of carbonyl (C=O) groups is 1. The zero-order valence-electron chi connectivity index (χ0n) is 15.1. The van der Waals surface area contributed by atoms with Crippen LogP contribution < -0.4 is 21.2 Å². The topological polar surface area (TPSA) is 93.5 Å². The molecule has 4 aromatic rings. The minimum absolute atomic E-state index is 0.356. The number of anilines is 1. The molecule has 0 saturated carbocycles. The van der Waals surface area contributed by atoms with Gasteiger partial charge in [-0.05, 0) is 46.3 Å². The summed E-state index contributed by atoms with van der Waals surface area (Å²) in [4.78, 5) is 29.1. The first-order valence-corrected chi connectivity index (χ1v) is 10.1. The molecule has 2 aromatic carbocycles. The van der Waals surface area contributed by atoms with Gasteiger partial charge in [-0.1, -0.05) is 18.2 Å². The van der Waals surface area contributed by atoms with Gasteiger partial charge in [0.1, 0.15) is 11.3 Å². The lowest BCUT2D eigenvalue weighted by atomic mass is 10.1. The number of thiazole rings is 1. The fourth-order valence-electron chi connectivity index (χ4n) is 2.68. The monoisotopic (exact) mass is 471 g/mol. The highest BCUT2D eigenvalue weighted by atomic mass is 79.9. The smallest absolute Gasteiger partial charge is 0.345 e. The van der Waals surface area contributed by atoms with Gasteiger partial charge in [-0.15, -0.1) is 11.3 Å². The van der Waals surface area contributed by atoms with E-state index in [0.29, 0.717) is 37.8 Å². The number of amides is 1. The highest BCUT2D eigenvalue weighted by molar-refractivity contribution is 9.10. The van der Waals surface area contributed by atoms with E-state index in [1.807, 2.05) is 12.1 Å². The maximum absolute atomic E-state index is 12.4. The fourth-order valence-corrected chi connectivity index (χ4v) is 3.77. The summed E-state index contributed by atoms with van der Waals surface area (Å²) in [7, 11) is 1.53. The van der Waals surface area contributed by atoms with E-state index in [0.717, 1.165) is 5.39 Å². The molecule has 0 saturated heterocycles. The molecule has 0 atom stereocenters. The molecule has 0 radical (unpaired) electrons. The van der Waals surface area contributed by atoms with Crippen LogP contribution in [0.15, 0.2) is 67.6 Å². The van der Waals surface area contributed by atoms with Crippen LogP contribution in [-0.2, 0) is 0 Å². The number of hydrogen-bond donors (Lipinski definition) is 2. The molecule has 0 spiro atoms. The van der Waals surface area contributed by atoms with Gasteiger partial charge in [-0.2, -0.15) is 0 Å². The Balaban J connectivity index is 1.52. The molecule has 9 heteroatoms. The lowest BCUT2D eigenvalue weighted by Crippen LogP contribution is -2.29.